The Morgan fingerprint density at radius 2 is 1.75 bits per heavy atom. The van der Waals surface area contributed by atoms with Crippen molar-refractivity contribution in [2.75, 3.05) is 13.2 Å². The van der Waals surface area contributed by atoms with Crippen molar-refractivity contribution in [1.82, 2.24) is 5.32 Å². The van der Waals surface area contributed by atoms with Crippen LogP contribution in [0.4, 0.5) is 0 Å². The molecule has 0 aromatic heterocycles. The molecule has 0 radical (unpaired) electrons. The van der Waals surface area contributed by atoms with Crippen LogP contribution in [0.2, 0.25) is 5.02 Å². The van der Waals surface area contributed by atoms with Crippen LogP contribution in [0.1, 0.15) is 18.1 Å². The fourth-order valence-corrected chi connectivity index (χ4v) is 3.14. The van der Waals surface area contributed by atoms with E-state index in [1.165, 1.54) is 0 Å². The van der Waals surface area contributed by atoms with E-state index in [9.17, 15) is 4.79 Å². The third-order valence-electron chi connectivity index (χ3n) is 4.50. The summed E-state index contributed by atoms with van der Waals surface area (Å²) in [6.07, 6.45) is -0.613. The molecule has 0 aliphatic carbocycles. The van der Waals surface area contributed by atoms with E-state index in [0.717, 1.165) is 32.7 Å². The smallest absolute Gasteiger partial charge is 0.260 e. The third-order valence-corrected chi connectivity index (χ3v) is 5.10. The number of fused-ring (bicyclic) bond motifs is 1. The zero-order chi connectivity index (χ0) is 20.1. The predicted molar refractivity (Wildman–Crippen MR) is 113 cm³/mol. The van der Waals surface area contributed by atoms with Gasteiger partial charge in [-0.3, -0.25) is 4.79 Å². The Morgan fingerprint density at radius 3 is 2.50 bits per heavy atom. The van der Waals surface area contributed by atoms with Crippen molar-refractivity contribution in [2.45, 2.75) is 26.9 Å². The number of aryl methyl sites for hydroxylation is 2. The van der Waals surface area contributed by atoms with Gasteiger partial charge in [-0.25, -0.2) is 0 Å². The fraction of sp³-hybridized carbons (Fsp3) is 0.261. The molecule has 0 fully saturated rings. The molecular weight excluding hydrogens is 374 g/mol. The maximum Gasteiger partial charge on any atom is 0.260 e. The largest absolute Gasteiger partial charge is 0.491 e. The highest BCUT2D eigenvalue weighted by Crippen LogP contribution is 2.27. The molecule has 28 heavy (non-hydrogen) atoms. The summed E-state index contributed by atoms with van der Waals surface area (Å²) in [6.45, 7) is 6.33. The van der Waals surface area contributed by atoms with Crippen molar-refractivity contribution in [3.05, 3.63) is 70.7 Å². The highest BCUT2D eigenvalue weighted by molar-refractivity contribution is 6.32. The molecular formula is C23H24ClNO3. The number of rotatable bonds is 7. The number of amides is 1. The van der Waals surface area contributed by atoms with E-state index in [2.05, 4.69) is 5.32 Å². The van der Waals surface area contributed by atoms with Crippen molar-refractivity contribution in [2.24, 2.45) is 0 Å². The lowest BCUT2D eigenvalue weighted by atomic mass is 10.1. The predicted octanol–water partition coefficient (Wildman–Crippen LogP) is 5.07. The molecule has 146 valence electrons. The summed E-state index contributed by atoms with van der Waals surface area (Å²) in [7, 11) is 0. The minimum absolute atomic E-state index is 0.188. The summed E-state index contributed by atoms with van der Waals surface area (Å²) >= 11 is 6.17. The summed E-state index contributed by atoms with van der Waals surface area (Å²) in [6, 6.07) is 17.7. The first-order valence-corrected chi connectivity index (χ1v) is 9.65. The van der Waals surface area contributed by atoms with Crippen LogP contribution in [0, 0.1) is 13.8 Å². The normalized spacial score (nSPS) is 11.9. The molecule has 0 aliphatic heterocycles. The Labute approximate surface area is 170 Å². The summed E-state index contributed by atoms with van der Waals surface area (Å²) in [5, 5.41) is 5.75. The van der Waals surface area contributed by atoms with Crippen molar-refractivity contribution in [1.29, 1.82) is 0 Å². The summed E-state index contributed by atoms with van der Waals surface area (Å²) in [5.41, 5.74) is 1.85. The van der Waals surface area contributed by atoms with Gasteiger partial charge in [-0.2, -0.15) is 0 Å². The van der Waals surface area contributed by atoms with Gasteiger partial charge in [0.05, 0.1) is 6.54 Å². The maximum atomic E-state index is 12.3. The first-order chi connectivity index (χ1) is 13.5. The van der Waals surface area contributed by atoms with Crippen LogP contribution in [0.3, 0.4) is 0 Å². The standard InChI is InChI=1S/C23H24ClNO3/c1-15-13-19(14-16(2)22(15)24)28-17(3)23(26)25-11-12-27-21-10-6-8-18-7-4-5-9-20(18)21/h4-10,13-14,17H,11-12H2,1-3H3,(H,25,26)/t17-/m1/s1. The van der Waals surface area contributed by atoms with Crippen LogP contribution in [-0.2, 0) is 4.79 Å². The molecule has 0 bridgehead atoms. The van der Waals surface area contributed by atoms with E-state index in [0.29, 0.717) is 18.9 Å². The van der Waals surface area contributed by atoms with Gasteiger partial charge < -0.3 is 14.8 Å². The molecule has 4 nitrogen and oxygen atoms in total. The average molecular weight is 398 g/mol. The second-order valence-corrected chi connectivity index (χ2v) is 7.13. The zero-order valence-electron chi connectivity index (χ0n) is 16.3. The summed E-state index contributed by atoms with van der Waals surface area (Å²) < 4.78 is 11.6. The van der Waals surface area contributed by atoms with Gasteiger partial charge in [-0.05, 0) is 55.5 Å². The molecule has 0 saturated carbocycles. The molecule has 0 saturated heterocycles. The van der Waals surface area contributed by atoms with Gasteiger partial charge in [0.25, 0.3) is 5.91 Å². The number of hydrogen-bond acceptors (Lipinski definition) is 3. The molecule has 0 aliphatic rings. The first-order valence-electron chi connectivity index (χ1n) is 9.27. The lowest BCUT2D eigenvalue weighted by molar-refractivity contribution is -0.127. The van der Waals surface area contributed by atoms with Crippen LogP contribution in [-0.4, -0.2) is 25.2 Å². The minimum atomic E-state index is -0.613. The molecule has 3 rings (SSSR count). The molecule has 1 amide bonds. The van der Waals surface area contributed by atoms with Crippen molar-refractivity contribution in [3.63, 3.8) is 0 Å². The monoisotopic (exact) mass is 397 g/mol. The van der Waals surface area contributed by atoms with Gasteiger partial charge in [-0.15, -0.1) is 0 Å². The van der Waals surface area contributed by atoms with Crippen LogP contribution in [0.15, 0.2) is 54.6 Å². The van der Waals surface area contributed by atoms with Crippen molar-refractivity contribution >= 4 is 28.3 Å². The highest BCUT2D eigenvalue weighted by atomic mass is 35.5. The van der Waals surface area contributed by atoms with Gasteiger partial charge >= 0.3 is 0 Å². The first kappa shape index (κ1) is 20.0. The molecule has 5 heteroatoms. The fourth-order valence-electron chi connectivity index (χ4n) is 3.03. The van der Waals surface area contributed by atoms with Gasteiger partial charge in [-0.1, -0.05) is 48.0 Å². The molecule has 0 unspecified atom stereocenters. The van der Waals surface area contributed by atoms with E-state index in [1.54, 1.807) is 6.92 Å². The average Bonchev–Trinajstić information content (AvgIpc) is 2.69. The number of carbonyl (C=O) groups excluding carboxylic acids is 1. The third kappa shape index (κ3) is 4.76. The van der Waals surface area contributed by atoms with Crippen LogP contribution < -0.4 is 14.8 Å². The summed E-state index contributed by atoms with van der Waals surface area (Å²) in [4.78, 5) is 12.3. The van der Waals surface area contributed by atoms with Crippen molar-refractivity contribution in [3.8, 4) is 11.5 Å². The quantitative estimate of drug-likeness (QED) is 0.566. The van der Waals surface area contributed by atoms with Gasteiger partial charge in [0.15, 0.2) is 6.10 Å². The zero-order valence-corrected chi connectivity index (χ0v) is 17.0. The number of halogens is 1. The Kier molecular flexibility index (Phi) is 6.42. The minimum Gasteiger partial charge on any atom is -0.491 e. The second-order valence-electron chi connectivity index (χ2n) is 6.75. The second kappa shape index (κ2) is 8.98. The molecule has 0 heterocycles. The molecule has 0 spiro atoms. The number of benzene rings is 3. The van der Waals surface area contributed by atoms with Crippen molar-refractivity contribution < 1.29 is 14.3 Å². The number of hydrogen-bond donors (Lipinski definition) is 1. The van der Waals surface area contributed by atoms with Crippen LogP contribution in [0.25, 0.3) is 10.8 Å². The van der Waals surface area contributed by atoms with E-state index >= 15 is 0 Å². The Hall–Kier alpha value is -2.72. The molecule has 3 aromatic carbocycles. The Balaban J connectivity index is 1.50. The number of carbonyl (C=O) groups is 1. The van der Waals surface area contributed by atoms with Crippen LogP contribution in [0.5, 0.6) is 11.5 Å². The van der Waals surface area contributed by atoms with Gasteiger partial charge in [0.1, 0.15) is 18.1 Å². The molecule has 1 N–H and O–H groups in total. The molecule has 1 atom stereocenters. The lowest BCUT2D eigenvalue weighted by Crippen LogP contribution is -2.38. The van der Waals surface area contributed by atoms with E-state index in [1.807, 2.05) is 68.4 Å². The highest BCUT2D eigenvalue weighted by Gasteiger charge is 2.15. The number of ether oxygens (including phenoxy) is 2. The maximum absolute atomic E-state index is 12.3. The van der Waals surface area contributed by atoms with Crippen LogP contribution >= 0.6 is 11.6 Å². The van der Waals surface area contributed by atoms with Gasteiger partial charge in [0, 0.05) is 10.4 Å². The number of nitrogens with one attached hydrogen (secondary N) is 1. The Morgan fingerprint density at radius 1 is 1.07 bits per heavy atom. The Bertz CT molecular complexity index is 958. The lowest BCUT2D eigenvalue weighted by Gasteiger charge is -2.16. The topological polar surface area (TPSA) is 47.6 Å². The summed E-state index contributed by atoms with van der Waals surface area (Å²) in [5.74, 6) is 1.25. The van der Waals surface area contributed by atoms with E-state index in [4.69, 9.17) is 21.1 Å². The van der Waals surface area contributed by atoms with E-state index in [-0.39, 0.29) is 5.91 Å². The molecule has 3 aromatic rings. The van der Waals surface area contributed by atoms with E-state index < -0.39 is 6.10 Å². The SMILES string of the molecule is Cc1cc(O[C@H](C)C(=O)NCCOc2cccc3ccccc23)cc(C)c1Cl. The van der Waals surface area contributed by atoms with Gasteiger partial charge in [0.2, 0.25) is 0 Å².